The van der Waals surface area contributed by atoms with Crippen molar-refractivity contribution in [1.82, 2.24) is 0 Å². The van der Waals surface area contributed by atoms with Gasteiger partial charge in [0.2, 0.25) is 0 Å². The molecule has 1 amide bonds. The second-order valence-corrected chi connectivity index (χ2v) is 6.05. The number of carbonyl (C=O) groups excluding carboxylic acids is 2. The predicted octanol–water partition coefficient (Wildman–Crippen LogP) is 2.50. The highest BCUT2D eigenvalue weighted by Gasteiger charge is 2.16. The lowest BCUT2D eigenvalue weighted by Gasteiger charge is -2.09. The summed E-state index contributed by atoms with van der Waals surface area (Å²) in [6.45, 7) is -0.623. The first-order valence-corrected chi connectivity index (χ1v) is 8.29. The number of nitrogens with one attached hydrogen (secondary N) is 1. The van der Waals surface area contributed by atoms with E-state index in [1.54, 1.807) is 12.1 Å². The largest absolute Gasteiger partial charge is 0.452 e. The maximum atomic E-state index is 13.0. The summed E-state index contributed by atoms with van der Waals surface area (Å²) in [5.41, 5.74) is 0.129. The van der Waals surface area contributed by atoms with E-state index < -0.39 is 40.9 Å². The fraction of sp³-hybridized carbons (Fsp3) is 0.125. The lowest BCUT2D eigenvalue weighted by molar-refractivity contribution is -0.119. The number of hydrogen-bond acceptors (Lipinski definition) is 4. The summed E-state index contributed by atoms with van der Waals surface area (Å²) >= 11 is 0. The number of ether oxygens (including phenoxy) is 1. The third-order valence-corrected chi connectivity index (χ3v) is 3.93. The minimum atomic E-state index is -1.39. The molecule has 0 aliphatic heterocycles. The zero-order valence-corrected chi connectivity index (χ0v) is 13.4. The smallest absolute Gasteiger partial charge is 0.339 e. The van der Waals surface area contributed by atoms with Crippen LogP contribution in [-0.4, -0.2) is 28.9 Å². The maximum absolute atomic E-state index is 13.0. The van der Waals surface area contributed by atoms with Gasteiger partial charge >= 0.3 is 5.97 Å². The molecular weight excluding hydrogens is 340 g/mol. The van der Waals surface area contributed by atoms with Gasteiger partial charge in [-0.05, 0) is 24.3 Å². The molecule has 2 rings (SSSR count). The lowest BCUT2D eigenvalue weighted by Crippen LogP contribution is -2.21. The van der Waals surface area contributed by atoms with Crippen LogP contribution in [0, 0.1) is 11.6 Å². The molecule has 24 heavy (non-hydrogen) atoms. The van der Waals surface area contributed by atoms with Crippen molar-refractivity contribution in [2.75, 3.05) is 18.2 Å². The Bertz CT molecular complexity index is 810. The van der Waals surface area contributed by atoms with Gasteiger partial charge in [0.1, 0.15) is 0 Å². The van der Waals surface area contributed by atoms with Crippen LogP contribution in [0.3, 0.4) is 0 Å². The molecule has 2 aromatic carbocycles. The fourth-order valence-electron chi connectivity index (χ4n) is 1.87. The van der Waals surface area contributed by atoms with Crippen LogP contribution in [0.5, 0.6) is 0 Å². The molecule has 0 aliphatic carbocycles. The number of benzene rings is 2. The van der Waals surface area contributed by atoms with Gasteiger partial charge in [-0.1, -0.05) is 12.1 Å². The molecule has 0 unspecified atom stereocenters. The Kier molecular flexibility index (Phi) is 5.75. The second-order valence-electron chi connectivity index (χ2n) is 4.70. The topological polar surface area (TPSA) is 72.5 Å². The SMILES string of the molecule is C[S@@](=O)c1ccccc1C(=O)OCC(=O)Nc1ccc(F)c(F)c1. The summed E-state index contributed by atoms with van der Waals surface area (Å²) in [7, 11) is -1.39. The molecule has 0 aliphatic rings. The zero-order chi connectivity index (χ0) is 17.7. The maximum Gasteiger partial charge on any atom is 0.339 e. The van der Waals surface area contributed by atoms with Crippen molar-refractivity contribution in [3.05, 3.63) is 59.7 Å². The molecule has 0 saturated heterocycles. The first-order chi connectivity index (χ1) is 11.4. The summed E-state index contributed by atoms with van der Waals surface area (Å²) in [5.74, 6) is -3.67. The highest BCUT2D eigenvalue weighted by atomic mass is 32.2. The molecule has 8 heteroatoms. The Morgan fingerprint density at radius 1 is 1.12 bits per heavy atom. The number of rotatable bonds is 5. The van der Waals surface area contributed by atoms with Crippen molar-refractivity contribution in [1.29, 1.82) is 0 Å². The molecular formula is C16H13F2NO4S. The molecule has 0 saturated carbocycles. The summed E-state index contributed by atoms with van der Waals surface area (Å²) in [5, 5.41) is 2.27. The fourth-order valence-corrected chi connectivity index (χ4v) is 2.60. The highest BCUT2D eigenvalue weighted by Crippen LogP contribution is 2.15. The Hall–Kier alpha value is -2.61. The minimum absolute atomic E-state index is 0.0324. The molecule has 0 heterocycles. The summed E-state index contributed by atoms with van der Waals surface area (Å²) in [6.07, 6.45) is 1.42. The number of carbonyl (C=O) groups is 2. The van der Waals surface area contributed by atoms with E-state index in [1.807, 2.05) is 0 Å². The first-order valence-electron chi connectivity index (χ1n) is 6.73. The Balaban J connectivity index is 1.97. The van der Waals surface area contributed by atoms with E-state index in [4.69, 9.17) is 4.74 Å². The van der Waals surface area contributed by atoms with Gasteiger partial charge in [0, 0.05) is 18.0 Å². The van der Waals surface area contributed by atoms with Crippen molar-refractivity contribution in [3.63, 3.8) is 0 Å². The van der Waals surface area contributed by atoms with Crippen molar-refractivity contribution in [2.24, 2.45) is 0 Å². The van der Waals surface area contributed by atoms with Gasteiger partial charge in [0.15, 0.2) is 18.2 Å². The number of esters is 1. The van der Waals surface area contributed by atoms with E-state index in [2.05, 4.69) is 5.32 Å². The van der Waals surface area contributed by atoms with Crippen LogP contribution in [0.25, 0.3) is 0 Å². The molecule has 0 spiro atoms. The standard InChI is InChI=1S/C16H13F2NO4S/c1-24(22)14-5-3-2-4-11(14)16(21)23-9-15(20)19-10-6-7-12(17)13(18)8-10/h2-8H,9H2,1H3,(H,19,20)/t24-/m1/s1. The van der Waals surface area contributed by atoms with Crippen molar-refractivity contribution >= 4 is 28.4 Å². The average molecular weight is 353 g/mol. The Morgan fingerprint density at radius 2 is 1.83 bits per heavy atom. The van der Waals surface area contributed by atoms with Gasteiger partial charge in [-0.15, -0.1) is 0 Å². The van der Waals surface area contributed by atoms with Crippen LogP contribution in [0.1, 0.15) is 10.4 Å². The van der Waals surface area contributed by atoms with E-state index in [0.717, 1.165) is 12.1 Å². The van der Waals surface area contributed by atoms with Crippen molar-refractivity contribution in [2.45, 2.75) is 4.90 Å². The second kappa shape index (κ2) is 7.78. The van der Waals surface area contributed by atoms with Gasteiger partial charge in [0.05, 0.1) is 21.3 Å². The van der Waals surface area contributed by atoms with Gasteiger partial charge in [-0.25, -0.2) is 13.6 Å². The zero-order valence-electron chi connectivity index (χ0n) is 12.5. The third-order valence-electron chi connectivity index (χ3n) is 2.95. The van der Waals surface area contributed by atoms with Crippen LogP contribution in [-0.2, 0) is 20.3 Å². The summed E-state index contributed by atoms with van der Waals surface area (Å²) in [6, 6.07) is 9.01. The quantitative estimate of drug-likeness (QED) is 0.839. The molecule has 5 nitrogen and oxygen atoms in total. The molecule has 0 aromatic heterocycles. The highest BCUT2D eigenvalue weighted by molar-refractivity contribution is 7.84. The van der Waals surface area contributed by atoms with E-state index in [9.17, 15) is 22.6 Å². The lowest BCUT2D eigenvalue weighted by atomic mass is 10.2. The summed E-state index contributed by atoms with van der Waals surface area (Å²) < 4.78 is 42.3. The minimum Gasteiger partial charge on any atom is -0.452 e. The third kappa shape index (κ3) is 4.45. The molecule has 0 fully saturated rings. The van der Waals surface area contributed by atoms with Crippen LogP contribution in [0.15, 0.2) is 47.4 Å². The van der Waals surface area contributed by atoms with Crippen molar-refractivity contribution in [3.8, 4) is 0 Å². The van der Waals surface area contributed by atoms with E-state index in [1.165, 1.54) is 24.5 Å². The Morgan fingerprint density at radius 3 is 2.50 bits per heavy atom. The van der Waals surface area contributed by atoms with Crippen LogP contribution in [0.2, 0.25) is 0 Å². The molecule has 2 aromatic rings. The van der Waals surface area contributed by atoms with E-state index >= 15 is 0 Å². The molecule has 1 atom stereocenters. The van der Waals surface area contributed by atoms with Gasteiger partial charge < -0.3 is 10.1 Å². The average Bonchev–Trinajstić information content (AvgIpc) is 2.56. The van der Waals surface area contributed by atoms with E-state index in [0.29, 0.717) is 4.90 Å². The molecule has 0 radical (unpaired) electrons. The predicted molar refractivity (Wildman–Crippen MR) is 84.0 cm³/mol. The van der Waals surface area contributed by atoms with Crippen molar-refractivity contribution < 1.29 is 27.3 Å². The van der Waals surface area contributed by atoms with Gasteiger partial charge in [0.25, 0.3) is 5.91 Å². The molecule has 126 valence electrons. The monoisotopic (exact) mass is 353 g/mol. The van der Waals surface area contributed by atoms with Crippen LogP contribution >= 0.6 is 0 Å². The summed E-state index contributed by atoms with van der Waals surface area (Å²) in [4.78, 5) is 24.0. The first kappa shape index (κ1) is 17.7. The number of anilines is 1. The molecule has 0 bridgehead atoms. The Labute approximate surface area is 139 Å². The number of hydrogen-bond donors (Lipinski definition) is 1. The van der Waals surface area contributed by atoms with Gasteiger partial charge in [-0.3, -0.25) is 9.00 Å². The van der Waals surface area contributed by atoms with E-state index in [-0.39, 0.29) is 11.3 Å². The normalized spacial score (nSPS) is 11.6. The number of halogens is 2. The van der Waals surface area contributed by atoms with Crippen LogP contribution in [0.4, 0.5) is 14.5 Å². The van der Waals surface area contributed by atoms with Crippen LogP contribution < -0.4 is 5.32 Å². The van der Waals surface area contributed by atoms with Gasteiger partial charge in [-0.2, -0.15) is 0 Å². The molecule has 1 N–H and O–H groups in total. The number of amides is 1.